The molecule has 130 valence electrons. The Bertz CT molecular complexity index is 497. The first-order valence-corrected chi connectivity index (χ1v) is 8.51. The summed E-state index contributed by atoms with van der Waals surface area (Å²) in [5.41, 5.74) is 2.98. The van der Waals surface area contributed by atoms with Gasteiger partial charge >= 0.3 is 0 Å². The third-order valence-corrected chi connectivity index (χ3v) is 5.03. The van der Waals surface area contributed by atoms with E-state index < -0.39 is 6.10 Å². The number of hydrogen-bond donors (Lipinski definition) is 2. The topological polar surface area (TPSA) is 57.5 Å². The monoisotopic (exact) mass is 320 g/mol. The minimum Gasteiger partial charge on any atom is -0.392 e. The van der Waals surface area contributed by atoms with Crippen molar-refractivity contribution in [3.63, 3.8) is 0 Å². The van der Waals surface area contributed by atoms with Gasteiger partial charge in [-0.15, -0.1) is 0 Å². The Morgan fingerprint density at radius 1 is 1.35 bits per heavy atom. The minimum atomic E-state index is -0.526. The molecule has 3 heteroatoms. The zero-order chi connectivity index (χ0) is 17.6. The van der Waals surface area contributed by atoms with Crippen molar-refractivity contribution in [3.05, 3.63) is 35.5 Å². The molecule has 0 radical (unpaired) electrons. The fourth-order valence-electron chi connectivity index (χ4n) is 3.45. The average Bonchev–Trinajstić information content (AvgIpc) is 2.43. The van der Waals surface area contributed by atoms with E-state index in [0.29, 0.717) is 18.6 Å². The molecule has 3 nitrogen and oxygen atoms in total. The van der Waals surface area contributed by atoms with Gasteiger partial charge in [0, 0.05) is 11.8 Å². The molecule has 0 spiro atoms. The highest BCUT2D eigenvalue weighted by atomic mass is 16.3. The second kappa shape index (κ2) is 8.60. The summed E-state index contributed by atoms with van der Waals surface area (Å²) in [6.45, 7) is 12.2. The van der Waals surface area contributed by atoms with Gasteiger partial charge in [0.15, 0.2) is 0 Å². The maximum atomic E-state index is 12.2. The normalized spacial score (nSPS) is 24.0. The summed E-state index contributed by atoms with van der Waals surface area (Å²) in [5, 5.41) is 18.9. The fourth-order valence-corrected chi connectivity index (χ4v) is 3.45. The first-order chi connectivity index (χ1) is 10.7. The van der Waals surface area contributed by atoms with Crippen molar-refractivity contribution < 1.29 is 15.0 Å². The Balaban J connectivity index is 2.62. The Hall–Kier alpha value is -1.19. The van der Waals surface area contributed by atoms with Gasteiger partial charge in [-0.2, -0.15) is 0 Å². The van der Waals surface area contributed by atoms with E-state index in [1.807, 2.05) is 33.8 Å². The number of allylic oxidation sites excluding steroid dienone is 2. The van der Waals surface area contributed by atoms with Gasteiger partial charge in [0.25, 0.3) is 0 Å². The summed E-state index contributed by atoms with van der Waals surface area (Å²) in [7, 11) is 0. The van der Waals surface area contributed by atoms with E-state index in [-0.39, 0.29) is 17.9 Å². The van der Waals surface area contributed by atoms with E-state index in [2.05, 4.69) is 6.58 Å². The number of rotatable bonds is 7. The van der Waals surface area contributed by atoms with Gasteiger partial charge in [-0.05, 0) is 45.4 Å². The standard InChI is InChI=1S/C20H32O3/c1-14(12-17(22)13-15(2)10-11-21)6-8-18-16(3)7-9-19(23)20(18,4)5/h10,12,17-18,21-22H,3,6-9,11,13H2,1-2,4-5H3. The maximum absolute atomic E-state index is 12.2. The van der Waals surface area contributed by atoms with Gasteiger partial charge in [-0.3, -0.25) is 4.79 Å². The Labute approximate surface area is 140 Å². The van der Waals surface area contributed by atoms with Crippen molar-refractivity contribution >= 4 is 5.78 Å². The predicted molar refractivity (Wildman–Crippen MR) is 95.1 cm³/mol. The number of carbonyl (C=O) groups is 1. The summed E-state index contributed by atoms with van der Waals surface area (Å²) in [6.07, 6.45) is 6.80. The van der Waals surface area contributed by atoms with Crippen LogP contribution in [0.4, 0.5) is 0 Å². The van der Waals surface area contributed by atoms with Crippen LogP contribution in [0.25, 0.3) is 0 Å². The van der Waals surface area contributed by atoms with Crippen LogP contribution in [-0.4, -0.2) is 28.7 Å². The quantitative estimate of drug-likeness (QED) is 0.698. The molecule has 0 bridgehead atoms. The second-order valence-electron chi connectivity index (χ2n) is 7.41. The van der Waals surface area contributed by atoms with Crippen molar-refractivity contribution in [3.8, 4) is 0 Å². The summed E-state index contributed by atoms with van der Waals surface area (Å²) in [6, 6.07) is 0. The second-order valence-corrected chi connectivity index (χ2v) is 7.41. The van der Waals surface area contributed by atoms with E-state index in [1.165, 1.54) is 5.57 Å². The summed E-state index contributed by atoms with van der Waals surface area (Å²) < 4.78 is 0. The molecule has 0 heterocycles. The summed E-state index contributed by atoms with van der Waals surface area (Å²) in [5.74, 6) is 0.557. The molecule has 2 unspecified atom stereocenters. The Morgan fingerprint density at radius 3 is 2.61 bits per heavy atom. The van der Waals surface area contributed by atoms with Gasteiger partial charge in [0.1, 0.15) is 5.78 Å². The third-order valence-electron chi connectivity index (χ3n) is 5.03. The van der Waals surface area contributed by atoms with Crippen LogP contribution in [0.15, 0.2) is 35.5 Å². The van der Waals surface area contributed by atoms with Gasteiger partial charge in [0.05, 0.1) is 12.7 Å². The number of aliphatic hydroxyl groups excluding tert-OH is 2. The van der Waals surface area contributed by atoms with Crippen LogP contribution < -0.4 is 0 Å². The molecule has 1 aliphatic carbocycles. The van der Waals surface area contributed by atoms with Gasteiger partial charge in [-0.1, -0.05) is 49.3 Å². The van der Waals surface area contributed by atoms with Crippen LogP contribution in [0.2, 0.25) is 0 Å². The highest BCUT2D eigenvalue weighted by molar-refractivity contribution is 5.86. The molecular weight excluding hydrogens is 288 g/mol. The molecule has 1 aliphatic rings. The van der Waals surface area contributed by atoms with Crippen LogP contribution in [0.5, 0.6) is 0 Å². The van der Waals surface area contributed by atoms with Gasteiger partial charge in [-0.25, -0.2) is 0 Å². The lowest BCUT2D eigenvalue weighted by molar-refractivity contribution is -0.130. The number of aliphatic hydroxyl groups is 2. The van der Waals surface area contributed by atoms with E-state index in [4.69, 9.17) is 5.11 Å². The van der Waals surface area contributed by atoms with Crippen LogP contribution in [-0.2, 0) is 4.79 Å². The molecule has 0 saturated heterocycles. The average molecular weight is 320 g/mol. The van der Waals surface area contributed by atoms with E-state index in [1.54, 1.807) is 6.08 Å². The van der Waals surface area contributed by atoms with Crippen LogP contribution >= 0.6 is 0 Å². The largest absolute Gasteiger partial charge is 0.392 e. The van der Waals surface area contributed by atoms with Crippen LogP contribution in [0.1, 0.15) is 59.8 Å². The molecular formula is C20H32O3. The lowest BCUT2D eigenvalue weighted by Gasteiger charge is -2.39. The molecule has 2 atom stereocenters. The molecule has 0 aromatic heterocycles. The predicted octanol–water partition coefficient (Wildman–Crippen LogP) is 3.96. The molecule has 1 fully saturated rings. The fraction of sp³-hybridized carbons (Fsp3) is 0.650. The van der Waals surface area contributed by atoms with E-state index in [0.717, 1.165) is 30.4 Å². The molecule has 1 saturated carbocycles. The van der Waals surface area contributed by atoms with Crippen molar-refractivity contribution in [1.29, 1.82) is 0 Å². The molecule has 0 aromatic carbocycles. The number of carbonyl (C=O) groups excluding carboxylic acids is 1. The number of ketones is 1. The van der Waals surface area contributed by atoms with Crippen molar-refractivity contribution in [2.45, 2.75) is 65.9 Å². The first kappa shape index (κ1) is 19.9. The molecule has 23 heavy (non-hydrogen) atoms. The molecule has 0 aromatic rings. The third kappa shape index (κ3) is 5.74. The van der Waals surface area contributed by atoms with Gasteiger partial charge in [0.2, 0.25) is 0 Å². The first-order valence-electron chi connectivity index (χ1n) is 8.51. The zero-order valence-electron chi connectivity index (χ0n) is 15.1. The molecule has 0 aliphatic heterocycles. The van der Waals surface area contributed by atoms with E-state index in [9.17, 15) is 9.90 Å². The smallest absolute Gasteiger partial charge is 0.139 e. The lowest BCUT2D eigenvalue weighted by atomic mass is 9.64. The maximum Gasteiger partial charge on any atom is 0.139 e. The van der Waals surface area contributed by atoms with Gasteiger partial charge < -0.3 is 10.2 Å². The molecule has 0 amide bonds. The van der Waals surface area contributed by atoms with Crippen molar-refractivity contribution in [2.24, 2.45) is 11.3 Å². The van der Waals surface area contributed by atoms with E-state index >= 15 is 0 Å². The number of hydrogen-bond acceptors (Lipinski definition) is 3. The zero-order valence-corrected chi connectivity index (χ0v) is 15.1. The lowest BCUT2D eigenvalue weighted by Crippen LogP contribution is -2.38. The highest BCUT2D eigenvalue weighted by Gasteiger charge is 2.40. The molecule has 2 N–H and O–H groups in total. The minimum absolute atomic E-state index is 0.00809. The molecule has 1 rings (SSSR count). The Morgan fingerprint density at radius 2 is 2.00 bits per heavy atom. The highest BCUT2D eigenvalue weighted by Crippen LogP contribution is 2.43. The van der Waals surface area contributed by atoms with Crippen molar-refractivity contribution in [1.82, 2.24) is 0 Å². The van der Waals surface area contributed by atoms with Crippen LogP contribution in [0, 0.1) is 11.3 Å². The van der Waals surface area contributed by atoms with Crippen molar-refractivity contribution in [2.75, 3.05) is 6.61 Å². The summed E-state index contributed by atoms with van der Waals surface area (Å²) >= 11 is 0. The van der Waals surface area contributed by atoms with Crippen LogP contribution in [0.3, 0.4) is 0 Å². The summed E-state index contributed by atoms with van der Waals surface area (Å²) in [4.78, 5) is 12.2. The SMILES string of the molecule is C=C1CCC(=O)C(C)(C)C1CCC(C)=CC(O)CC(C)=CCO. The number of Topliss-reactive ketones (excluding diaryl/α,β-unsaturated/α-hetero) is 1. The Kier molecular flexibility index (Phi) is 7.43.